The van der Waals surface area contributed by atoms with Gasteiger partial charge < -0.3 is 15.0 Å². The standard InChI is InChI=1S/C25H27ClN2O5S/c1-2-34(31,32)20-5-3-4-16(10-20)25(30)28-21-11-17(21)12-22(28)24(29)27-23(18-13-33-14-18)15-6-8-19(26)9-7-15/h3-10,17-18,21-23H,2,11-14H2,1H3,(H,27,29)/t17-,21-,22-,23?/m1/s1. The molecule has 1 unspecified atom stereocenters. The van der Waals surface area contributed by atoms with Crippen molar-refractivity contribution in [1.82, 2.24) is 10.2 Å². The number of hydrogen-bond donors (Lipinski definition) is 1. The van der Waals surface area contributed by atoms with Crippen LogP contribution in [0.2, 0.25) is 5.02 Å². The Morgan fingerprint density at radius 3 is 2.53 bits per heavy atom. The van der Waals surface area contributed by atoms with Crippen molar-refractivity contribution in [2.24, 2.45) is 11.8 Å². The number of amides is 2. The Hall–Kier alpha value is -2.42. The van der Waals surface area contributed by atoms with Gasteiger partial charge in [0.05, 0.1) is 29.9 Å². The molecule has 4 atom stereocenters. The maximum atomic E-state index is 13.5. The number of carbonyl (C=O) groups excluding carboxylic acids is 2. The summed E-state index contributed by atoms with van der Waals surface area (Å²) in [6, 6.07) is 12.7. The molecule has 34 heavy (non-hydrogen) atoms. The monoisotopic (exact) mass is 502 g/mol. The molecule has 1 saturated carbocycles. The molecule has 7 nitrogen and oxygen atoms in total. The number of piperidine rings is 1. The second kappa shape index (κ2) is 8.98. The van der Waals surface area contributed by atoms with Crippen LogP contribution in [0.3, 0.4) is 0 Å². The third-order valence-electron chi connectivity index (χ3n) is 7.12. The minimum Gasteiger partial charge on any atom is -0.381 e. The van der Waals surface area contributed by atoms with E-state index in [0.717, 1.165) is 12.0 Å². The molecule has 0 spiro atoms. The number of rotatable bonds is 7. The summed E-state index contributed by atoms with van der Waals surface area (Å²) in [5.74, 6) is -0.0661. The Labute approximate surface area is 204 Å². The summed E-state index contributed by atoms with van der Waals surface area (Å²) in [6.45, 7) is 2.69. The number of hydrogen-bond acceptors (Lipinski definition) is 5. The minimum atomic E-state index is -3.44. The SMILES string of the molecule is CCS(=O)(=O)c1cccc(C(=O)N2[C@@H](C(=O)NC(c3ccc(Cl)cc3)C3COC3)C[C@H]3C[C@H]32)c1. The molecule has 2 saturated heterocycles. The van der Waals surface area contributed by atoms with E-state index >= 15 is 0 Å². The van der Waals surface area contributed by atoms with Crippen LogP contribution in [0.15, 0.2) is 53.4 Å². The second-order valence-electron chi connectivity index (χ2n) is 9.29. The van der Waals surface area contributed by atoms with Crippen LogP contribution in [-0.2, 0) is 19.4 Å². The van der Waals surface area contributed by atoms with Crippen molar-refractivity contribution < 1.29 is 22.7 Å². The highest BCUT2D eigenvalue weighted by Gasteiger charge is 2.56. The van der Waals surface area contributed by atoms with Gasteiger partial charge in [-0.2, -0.15) is 0 Å². The summed E-state index contributed by atoms with van der Waals surface area (Å²) in [5.41, 5.74) is 1.24. The zero-order valence-corrected chi connectivity index (χ0v) is 20.4. The quantitative estimate of drug-likeness (QED) is 0.627. The first kappa shape index (κ1) is 23.3. The van der Waals surface area contributed by atoms with Gasteiger partial charge in [-0.25, -0.2) is 8.42 Å². The summed E-state index contributed by atoms with van der Waals surface area (Å²) in [7, 11) is -3.44. The van der Waals surface area contributed by atoms with E-state index < -0.39 is 15.9 Å². The zero-order chi connectivity index (χ0) is 24.0. The molecule has 180 valence electrons. The van der Waals surface area contributed by atoms with E-state index in [1.165, 1.54) is 12.1 Å². The number of nitrogens with zero attached hydrogens (tertiary/aromatic N) is 1. The molecule has 2 aromatic carbocycles. The fourth-order valence-electron chi connectivity index (χ4n) is 4.96. The van der Waals surface area contributed by atoms with E-state index in [4.69, 9.17) is 16.3 Å². The molecule has 2 aliphatic heterocycles. The molecule has 2 heterocycles. The predicted molar refractivity (Wildman–Crippen MR) is 127 cm³/mol. The van der Waals surface area contributed by atoms with E-state index in [2.05, 4.69) is 5.32 Å². The maximum absolute atomic E-state index is 13.5. The van der Waals surface area contributed by atoms with E-state index in [1.54, 1.807) is 36.1 Å². The normalized spacial score (nSPS) is 24.8. The van der Waals surface area contributed by atoms with Crippen molar-refractivity contribution in [2.45, 2.75) is 42.8 Å². The fraction of sp³-hybridized carbons (Fsp3) is 0.440. The van der Waals surface area contributed by atoms with E-state index in [9.17, 15) is 18.0 Å². The Balaban J connectivity index is 1.37. The molecule has 3 aliphatic rings. The first-order valence-corrected chi connectivity index (χ1v) is 13.6. The molecule has 2 amide bonds. The molecule has 0 bridgehead atoms. The van der Waals surface area contributed by atoms with Gasteiger partial charge in [0.2, 0.25) is 5.91 Å². The molecule has 2 aromatic rings. The predicted octanol–water partition coefficient (Wildman–Crippen LogP) is 3.24. The van der Waals surface area contributed by atoms with Gasteiger partial charge in [-0.1, -0.05) is 36.7 Å². The van der Waals surface area contributed by atoms with Crippen LogP contribution in [0.1, 0.15) is 41.7 Å². The van der Waals surface area contributed by atoms with E-state index in [1.807, 2.05) is 12.1 Å². The molecule has 9 heteroatoms. The van der Waals surface area contributed by atoms with Gasteiger partial charge >= 0.3 is 0 Å². The lowest BCUT2D eigenvalue weighted by molar-refractivity contribution is -0.128. The van der Waals surface area contributed by atoms with Crippen LogP contribution in [0.25, 0.3) is 0 Å². The summed E-state index contributed by atoms with van der Waals surface area (Å²) < 4.78 is 30.0. The number of carbonyl (C=O) groups is 2. The molecular formula is C25H27ClN2O5S. The Morgan fingerprint density at radius 1 is 1.15 bits per heavy atom. The Kier molecular flexibility index (Phi) is 6.16. The van der Waals surface area contributed by atoms with Crippen molar-refractivity contribution in [1.29, 1.82) is 0 Å². The first-order chi connectivity index (χ1) is 16.3. The van der Waals surface area contributed by atoms with Crippen LogP contribution in [0, 0.1) is 11.8 Å². The van der Waals surface area contributed by atoms with Crippen LogP contribution in [-0.4, -0.2) is 56.2 Å². The molecule has 3 fully saturated rings. The number of ether oxygens (including phenoxy) is 1. The summed E-state index contributed by atoms with van der Waals surface area (Å²) >= 11 is 6.04. The number of fused-ring (bicyclic) bond motifs is 1. The molecule has 1 N–H and O–H groups in total. The first-order valence-electron chi connectivity index (χ1n) is 11.6. The lowest BCUT2D eigenvalue weighted by atomic mass is 9.91. The van der Waals surface area contributed by atoms with Gasteiger partial charge in [-0.05, 0) is 54.7 Å². The van der Waals surface area contributed by atoms with Crippen LogP contribution in [0.4, 0.5) is 0 Å². The van der Waals surface area contributed by atoms with Gasteiger partial charge in [0.1, 0.15) is 6.04 Å². The van der Waals surface area contributed by atoms with Crippen molar-refractivity contribution in [3.8, 4) is 0 Å². The van der Waals surface area contributed by atoms with Gasteiger partial charge in [0.15, 0.2) is 9.84 Å². The van der Waals surface area contributed by atoms with Crippen LogP contribution >= 0.6 is 11.6 Å². The third-order valence-corrected chi connectivity index (χ3v) is 9.11. The number of halogens is 1. The van der Waals surface area contributed by atoms with Crippen molar-refractivity contribution in [2.75, 3.05) is 19.0 Å². The summed E-state index contributed by atoms with van der Waals surface area (Å²) in [4.78, 5) is 28.7. The maximum Gasteiger partial charge on any atom is 0.254 e. The highest BCUT2D eigenvalue weighted by Crippen LogP contribution is 2.48. The largest absolute Gasteiger partial charge is 0.381 e. The highest BCUT2D eigenvalue weighted by molar-refractivity contribution is 7.91. The topological polar surface area (TPSA) is 92.8 Å². The highest BCUT2D eigenvalue weighted by atomic mass is 35.5. The zero-order valence-electron chi connectivity index (χ0n) is 18.8. The van der Waals surface area contributed by atoms with Gasteiger partial charge in [0, 0.05) is 22.5 Å². The van der Waals surface area contributed by atoms with Crippen LogP contribution < -0.4 is 5.32 Å². The Morgan fingerprint density at radius 2 is 1.88 bits per heavy atom. The van der Waals surface area contributed by atoms with Crippen molar-refractivity contribution in [3.63, 3.8) is 0 Å². The summed E-state index contributed by atoms with van der Waals surface area (Å²) in [5, 5.41) is 3.79. The van der Waals surface area contributed by atoms with E-state index in [-0.39, 0.29) is 40.5 Å². The lowest BCUT2D eigenvalue weighted by Crippen LogP contribution is -2.51. The second-order valence-corrected chi connectivity index (χ2v) is 12.0. The average molecular weight is 503 g/mol. The molecule has 5 rings (SSSR count). The molecule has 0 aromatic heterocycles. The third kappa shape index (κ3) is 4.34. The lowest BCUT2D eigenvalue weighted by Gasteiger charge is -2.36. The van der Waals surface area contributed by atoms with Gasteiger partial charge in [-0.3, -0.25) is 9.59 Å². The molecule has 0 radical (unpaired) electrons. The number of benzene rings is 2. The molecule has 1 aliphatic carbocycles. The number of nitrogens with one attached hydrogen (secondary N) is 1. The van der Waals surface area contributed by atoms with Crippen LogP contribution in [0.5, 0.6) is 0 Å². The smallest absolute Gasteiger partial charge is 0.254 e. The molecular weight excluding hydrogens is 476 g/mol. The minimum absolute atomic E-state index is 0.0238. The van der Waals surface area contributed by atoms with Crippen molar-refractivity contribution >= 4 is 33.3 Å². The number of sulfone groups is 1. The average Bonchev–Trinajstić information content (AvgIpc) is 3.47. The fourth-order valence-corrected chi connectivity index (χ4v) is 6.01. The van der Waals surface area contributed by atoms with Crippen molar-refractivity contribution in [3.05, 3.63) is 64.7 Å². The van der Waals surface area contributed by atoms with Gasteiger partial charge in [0.25, 0.3) is 5.91 Å². The van der Waals surface area contributed by atoms with Gasteiger partial charge in [-0.15, -0.1) is 0 Å². The van der Waals surface area contributed by atoms with E-state index in [0.29, 0.717) is 36.1 Å². The number of likely N-dealkylation sites (tertiary alicyclic amines) is 1. The summed E-state index contributed by atoms with van der Waals surface area (Å²) in [6.07, 6.45) is 1.49. The Bertz CT molecular complexity index is 1210.